The molecule has 0 saturated heterocycles. The van der Waals surface area contributed by atoms with Crippen molar-refractivity contribution in [3.8, 4) is 5.75 Å². The molecule has 0 heterocycles. The second-order valence-corrected chi connectivity index (χ2v) is 4.00. The molecule has 21 heavy (non-hydrogen) atoms. The highest BCUT2D eigenvalue weighted by Gasteiger charge is 2.17. The summed E-state index contributed by atoms with van der Waals surface area (Å²) in [5, 5.41) is 37.6. The number of non-ortho nitro benzene ring substituents is 1. The molecule has 0 saturated carbocycles. The molecule has 0 fully saturated rings. The van der Waals surface area contributed by atoms with Crippen LogP contribution in [0.2, 0.25) is 0 Å². The maximum atomic E-state index is 10.6. The number of nitro groups is 1. The SMILES string of the molecule is Cl.O=C(O)CN(CC(=O)O)Cc1cc([N+](=O)[O-])ccc1O. The average molecular weight is 321 g/mol. The summed E-state index contributed by atoms with van der Waals surface area (Å²) in [6.45, 7) is -1.35. The number of carboxylic acids is 2. The lowest BCUT2D eigenvalue weighted by Gasteiger charge is -2.18. The first kappa shape index (κ1) is 18.6. The highest BCUT2D eigenvalue weighted by molar-refractivity contribution is 5.85. The highest BCUT2D eigenvalue weighted by atomic mass is 35.5. The number of phenolic OH excluding ortho intramolecular Hbond substituents is 1. The van der Waals surface area contributed by atoms with Crippen molar-refractivity contribution in [3.63, 3.8) is 0 Å². The van der Waals surface area contributed by atoms with E-state index in [1.54, 1.807) is 0 Å². The molecule has 0 spiro atoms. The topological polar surface area (TPSA) is 141 Å². The first-order valence-electron chi connectivity index (χ1n) is 5.42. The summed E-state index contributed by atoms with van der Waals surface area (Å²) in [6.07, 6.45) is 0. The molecule has 0 aliphatic heterocycles. The van der Waals surface area contributed by atoms with E-state index in [0.717, 1.165) is 23.1 Å². The second kappa shape index (κ2) is 8.02. The number of aromatic hydroxyl groups is 1. The predicted octanol–water partition coefficient (Wildman–Crippen LogP) is 0.693. The number of rotatable bonds is 7. The molecule has 0 aliphatic carbocycles. The third-order valence-corrected chi connectivity index (χ3v) is 2.39. The molecule has 1 aromatic rings. The Morgan fingerprint density at radius 3 is 2.14 bits per heavy atom. The number of nitrogens with zero attached hydrogens (tertiary/aromatic N) is 2. The summed E-state index contributed by atoms with van der Waals surface area (Å²) in [5.74, 6) is -2.75. The third kappa shape index (κ3) is 6.06. The van der Waals surface area contributed by atoms with Crippen LogP contribution in [0, 0.1) is 10.1 Å². The van der Waals surface area contributed by atoms with E-state index >= 15 is 0 Å². The summed E-state index contributed by atoms with van der Waals surface area (Å²) in [7, 11) is 0. The maximum absolute atomic E-state index is 10.6. The Bertz CT molecular complexity index is 533. The van der Waals surface area contributed by atoms with Crippen LogP contribution in [0.4, 0.5) is 5.69 Å². The Morgan fingerprint density at radius 1 is 1.19 bits per heavy atom. The van der Waals surface area contributed by atoms with E-state index in [4.69, 9.17) is 10.2 Å². The molecule has 0 atom stereocenters. The lowest BCUT2D eigenvalue weighted by Crippen LogP contribution is -2.34. The van der Waals surface area contributed by atoms with E-state index in [-0.39, 0.29) is 36.0 Å². The summed E-state index contributed by atoms with van der Waals surface area (Å²) in [4.78, 5) is 32.3. The van der Waals surface area contributed by atoms with Crippen LogP contribution in [0.1, 0.15) is 5.56 Å². The molecule has 0 aromatic heterocycles. The van der Waals surface area contributed by atoms with Crippen LogP contribution in [0.15, 0.2) is 18.2 Å². The van der Waals surface area contributed by atoms with Gasteiger partial charge in [0.1, 0.15) is 5.75 Å². The molecule has 0 amide bonds. The zero-order valence-corrected chi connectivity index (χ0v) is 11.4. The van der Waals surface area contributed by atoms with Gasteiger partial charge in [0.2, 0.25) is 0 Å². The van der Waals surface area contributed by atoms with E-state index in [1.807, 2.05) is 0 Å². The average Bonchev–Trinajstić information content (AvgIpc) is 2.29. The molecule has 1 aromatic carbocycles. The van der Waals surface area contributed by atoms with Crippen LogP contribution in [-0.2, 0) is 16.1 Å². The fourth-order valence-electron chi connectivity index (χ4n) is 1.60. The van der Waals surface area contributed by atoms with Crippen molar-refractivity contribution in [2.75, 3.05) is 13.1 Å². The Labute approximate surface area is 125 Å². The van der Waals surface area contributed by atoms with Crippen LogP contribution in [-0.4, -0.2) is 50.2 Å². The summed E-state index contributed by atoms with van der Waals surface area (Å²) >= 11 is 0. The number of halogens is 1. The Morgan fingerprint density at radius 2 is 1.71 bits per heavy atom. The molecule has 9 nitrogen and oxygen atoms in total. The quantitative estimate of drug-likeness (QED) is 0.492. The van der Waals surface area contributed by atoms with Crippen LogP contribution in [0.3, 0.4) is 0 Å². The van der Waals surface area contributed by atoms with E-state index in [0.29, 0.717) is 0 Å². The Balaban J connectivity index is 0.00000400. The third-order valence-electron chi connectivity index (χ3n) is 2.39. The second-order valence-electron chi connectivity index (χ2n) is 4.00. The van der Waals surface area contributed by atoms with Crippen LogP contribution < -0.4 is 0 Å². The van der Waals surface area contributed by atoms with E-state index in [2.05, 4.69) is 0 Å². The zero-order valence-electron chi connectivity index (χ0n) is 10.6. The van der Waals surface area contributed by atoms with Crippen molar-refractivity contribution in [1.82, 2.24) is 4.90 Å². The number of nitro benzene ring substituents is 1. The van der Waals surface area contributed by atoms with Gasteiger partial charge >= 0.3 is 11.9 Å². The molecule has 10 heteroatoms. The minimum atomic E-state index is -1.24. The van der Waals surface area contributed by atoms with Gasteiger partial charge < -0.3 is 15.3 Å². The van der Waals surface area contributed by atoms with Crippen LogP contribution >= 0.6 is 12.4 Å². The molecule has 116 valence electrons. The number of aliphatic carboxylic acids is 2. The molecule has 0 aliphatic rings. The lowest BCUT2D eigenvalue weighted by molar-refractivity contribution is -0.385. The van der Waals surface area contributed by atoms with E-state index in [1.165, 1.54) is 0 Å². The van der Waals surface area contributed by atoms with Crippen molar-refractivity contribution in [2.45, 2.75) is 6.54 Å². The molecule has 0 bridgehead atoms. The number of carbonyl (C=O) groups is 2. The zero-order chi connectivity index (χ0) is 15.3. The van der Waals surface area contributed by atoms with Crippen LogP contribution in [0.5, 0.6) is 5.75 Å². The first-order chi connectivity index (χ1) is 9.29. The van der Waals surface area contributed by atoms with Gasteiger partial charge in [-0.3, -0.25) is 24.6 Å². The van der Waals surface area contributed by atoms with Crippen molar-refractivity contribution in [1.29, 1.82) is 0 Å². The van der Waals surface area contributed by atoms with Gasteiger partial charge in [-0.05, 0) is 6.07 Å². The Hall–Kier alpha value is -2.39. The van der Waals surface area contributed by atoms with Crippen molar-refractivity contribution >= 4 is 30.0 Å². The van der Waals surface area contributed by atoms with Gasteiger partial charge in [0.05, 0.1) is 18.0 Å². The molecule has 0 unspecified atom stereocenters. The van der Waals surface area contributed by atoms with Crippen molar-refractivity contribution < 1.29 is 29.8 Å². The molecular weight excluding hydrogens is 308 g/mol. The number of hydrogen-bond donors (Lipinski definition) is 3. The van der Waals surface area contributed by atoms with Gasteiger partial charge in [-0.25, -0.2) is 0 Å². The fraction of sp³-hybridized carbons (Fsp3) is 0.273. The molecule has 1 rings (SSSR count). The standard InChI is InChI=1S/C11H12N2O7.ClH/c14-9-2-1-8(13(19)20)3-7(9)4-12(5-10(15)16)6-11(17)18;/h1-3,14H,4-6H2,(H,15,16)(H,17,18);1H. The minimum Gasteiger partial charge on any atom is -0.508 e. The van der Waals surface area contributed by atoms with Gasteiger partial charge in [0.25, 0.3) is 5.69 Å². The van der Waals surface area contributed by atoms with Crippen molar-refractivity contribution in [2.24, 2.45) is 0 Å². The molecular formula is C11H13ClN2O7. The number of benzene rings is 1. The molecule has 3 N–H and O–H groups in total. The fourth-order valence-corrected chi connectivity index (χ4v) is 1.60. The summed E-state index contributed by atoms with van der Waals surface area (Å²) < 4.78 is 0. The normalized spacial score (nSPS) is 9.95. The monoisotopic (exact) mass is 320 g/mol. The first-order valence-corrected chi connectivity index (χ1v) is 5.42. The van der Waals surface area contributed by atoms with E-state index < -0.39 is 30.0 Å². The van der Waals surface area contributed by atoms with Gasteiger partial charge in [-0.1, -0.05) is 0 Å². The highest BCUT2D eigenvalue weighted by Crippen LogP contribution is 2.24. The predicted molar refractivity (Wildman–Crippen MR) is 72.6 cm³/mol. The number of carboxylic acid groups (broad SMARTS) is 2. The van der Waals surface area contributed by atoms with Gasteiger partial charge in [-0.2, -0.15) is 0 Å². The summed E-state index contributed by atoms with van der Waals surface area (Å²) in [5.41, 5.74) is -0.190. The number of hydrogen-bond acceptors (Lipinski definition) is 6. The van der Waals surface area contributed by atoms with Gasteiger partial charge in [-0.15, -0.1) is 12.4 Å². The van der Waals surface area contributed by atoms with E-state index in [9.17, 15) is 24.8 Å². The van der Waals surface area contributed by atoms with Gasteiger partial charge in [0.15, 0.2) is 0 Å². The molecule has 0 radical (unpaired) electrons. The Kier molecular flexibility index (Phi) is 7.11. The largest absolute Gasteiger partial charge is 0.508 e. The smallest absolute Gasteiger partial charge is 0.317 e. The minimum absolute atomic E-state index is 0. The lowest BCUT2D eigenvalue weighted by atomic mass is 10.1. The summed E-state index contributed by atoms with van der Waals surface area (Å²) in [6, 6.07) is 3.27. The van der Waals surface area contributed by atoms with Crippen LogP contribution in [0.25, 0.3) is 0 Å². The number of phenols is 1. The van der Waals surface area contributed by atoms with Crippen molar-refractivity contribution in [3.05, 3.63) is 33.9 Å². The van der Waals surface area contributed by atoms with Gasteiger partial charge in [0, 0.05) is 24.2 Å². The maximum Gasteiger partial charge on any atom is 0.317 e.